The largest absolute Gasteiger partial charge is 0.707 e. The molecule has 0 saturated carbocycles. The standard InChI is InChI=1S/C11H10BNO3/c14-12(15)16-10-6-7-11(13-8-10)9-4-2-1-3-5-9/h1-8,14-15H. The zero-order chi connectivity index (χ0) is 11.4. The molecule has 0 unspecified atom stereocenters. The normalized spacial score (nSPS) is 9.88. The van der Waals surface area contributed by atoms with Gasteiger partial charge in [0.1, 0.15) is 5.75 Å². The number of pyridine rings is 1. The van der Waals surface area contributed by atoms with Gasteiger partial charge in [-0.05, 0) is 12.1 Å². The van der Waals surface area contributed by atoms with Crippen LogP contribution in [0.2, 0.25) is 0 Å². The highest BCUT2D eigenvalue weighted by atomic mass is 16.6. The maximum atomic E-state index is 8.60. The van der Waals surface area contributed by atoms with Gasteiger partial charge in [0, 0.05) is 5.56 Å². The second-order valence-corrected chi connectivity index (χ2v) is 3.19. The molecule has 1 heterocycles. The summed E-state index contributed by atoms with van der Waals surface area (Å²) < 4.78 is 4.65. The molecule has 0 aliphatic carbocycles. The van der Waals surface area contributed by atoms with Crippen molar-refractivity contribution >= 4 is 7.32 Å². The Balaban J connectivity index is 2.20. The maximum Gasteiger partial charge on any atom is 0.707 e. The molecule has 0 aliphatic rings. The molecule has 5 heteroatoms. The predicted molar refractivity (Wildman–Crippen MR) is 60.5 cm³/mol. The second kappa shape index (κ2) is 4.78. The van der Waals surface area contributed by atoms with Crippen LogP contribution in [0.5, 0.6) is 5.75 Å². The minimum atomic E-state index is -1.82. The van der Waals surface area contributed by atoms with Crippen molar-refractivity contribution in [3.63, 3.8) is 0 Å². The third-order valence-corrected chi connectivity index (χ3v) is 2.05. The van der Waals surface area contributed by atoms with Gasteiger partial charge in [0.25, 0.3) is 0 Å². The fourth-order valence-electron chi connectivity index (χ4n) is 1.35. The summed E-state index contributed by atoms with van der Waals surface area (Å²) in [6.07, 6.45) is 1.45. The highest BCUT2D eigenvalue weighted by Gasteiger charge is 2.11. The molecule has 16 heavy (non-hydrogen) atoms. The molecule has 0 atom stereocenters. The molecule has 1 aromatic heterocycles. The Kier molecular flexibility index (Phi) is 3.19. The van der Waals surface area contributed by atoms with E-state index >= 15 is 0 Å². The quantitative estimate of drug-likeness (QED) is 0.752. The third-order valence-electron chi connectivity index (χ3n) is 2.05. The van der Waals surface area contributed by atoms with Crippen LogP contribution >= 0.6 is 0 Å². The van der Waals surface area contributed by atoms with Gasteiger partial charge in [0.05, 0.1) is 11.9 Å². The average Bonchev–Trinajstić information content (AvgIpc) is 2.30. The molecule has 0 saturated heterocycles. The first-order valence-corrected chi connectivity index (χ1v) is 4.80. The van der Waals surface area contributed by atoms with Gasteiger partial charge in [0.15, 0.2) is 0 Å². The van der Waals surface area contributed by atoms with Crippen molar-refractivity contribution in [2.45, 2.75) is 0 Å². The summed E-state index contributed by atoms with van der Waals surface area (Å²) in [5, 5.41) is 17.2. The summed E-state index contributed by atoms with van der Waals surface area (Å²) in [6, 6.07) is 13.1. The van der Waals surface area contributed by atoms with Crippen LogP contribution in [0.1, 0.15) is 0 Å². The van der Waals surface area contributed by atoms with E-state index in [0.29, 0.717) is 5.75 Å². The molecule has 0 spiro atoms. The van der Waals surface area contributed by atoms with Crippen molar-refractivity contribution in [1.82, 2.24) is 4.98 Å². The lowest BCUT2D eigenvalue weighted by atomic mass is 10.1. The van der Waals surface area contributed by atoms with E-state index in [4.69, 9.17) is 10.0 Å². The van der Waals surface area contributed by atoms with Crippen LogP contribution in [-0.4, -0.2) is 22.4 Å². The fourth-order valence-corrected chi connectivity index (χ4v) is 1.35. The van der Waals surface area contributed by atoms with Gasteiger partial charge < -0.3 is 14.7 Å². The molecule has 2 aromatic rings. The zero-order valence-electron chi connectivity index (χ0n) is 8.45. The lowest BCUT2D eigenvalue weighted by molar-refractivity contribution is 0.287. The molecular formula is C11H10BNO3. The van der Waals surface area contributed by atoms with Gasteiger partial charge in [0.2, 0.25) is 0 Å². The lowest BCUT2D eigenvalue weighted by Crippen LogP contribution is -2.20. The molecular weight excluding hydrogens is 205 g/mol. The smallest absolute Gasteiger partial charge is 0.511 e. The average molecular weight is 215 g/mol. The Morgan fingerprint density at radius 2 is 1.75 bits per heavy atom. The van der Waals surface area contributed by atoms with Crippen molar-refractivity contribution < 1.29 is 14.7 Å². The Hall–Kier alpha value is -1.85. The Labute approximate surface area is 93.3 Å². The van der Waals surface area contributed by atoms with E-state index in [-0.39, 0.29) is 0 Å². The predicted octanol–water partition coefficient (Wildman–Crippen LogP) is 1.10. The molecule has 2 rings (SSSR count). The summed E-state index contributed by atoms with van der Waals surface area (Å²) in [5.74, 6) is 0.315. The molecule has 0 aliphatic heterocycles. The fraction of sp³-hybridized carbons (Fsp3) is 0. The number of hydrogen-bond acceptors (Lipinski definition) is 4. The van der Waals surface area contributed by atoms with Gasteiger partial charge in [-0.15, -0.1) is 0 Å². The SMILES string of the molecule is OB(O)Oc1ccc(-c2ccccc2)nc1. The lowest BCUT2D eigenvalue weighted by Gasteiger charge is -2.05. The Morgan fingerprint density at radius 1 is 1.00 bits per heavy atom. The van der Waals surface area contributed by atoms with E-state index in [0.717, 1.165) is 11.3 Å². The van der Waals surface area contributed by atoms with Crippen molar-refractivity contribution in [2.24, 2.45) is 0 Å². The first kappa shape index (κ1) is 10.7. The summed E-state index contributed by atoms with van der Waals surface area (Å²) >= 11 is 0. The van der Waals surface area contributed by atoms with Crippen molar-refractivity contribution in [3.05, 3.63) is 48.7 Å². The number of rotatable bonds is 3. The van der Waals surface area contributed by atoms with E-state index in [1.54, 1.807) is 12.1 Å². The van der Waals surface area contributed by atoms with Crippen LogP contribution in [-0.2, 0) is 0 Å². The third kappa shape index (κ3) is 2.59. The summed E-state index contributed by atoms with van der Waals surface area (Å²) in [4.78, 5) is 4.15. The molecule has 0 bridgehead atoms. The second-order valence-electron chi connectivity index (χ2n) is 3.19. The van der Waals surface area contributed by atoms with Crippen molar-refractivity contribution in [2.75, 3.05) is 0 Å². The van der Waals surface area contributed by atoms with Crippen LogP contribution < -0.4 is 4.65 Å². The molecule has 2 N–H and O–H groups in total. The molecule has 0 fully saturated rings. The minimum absolute atomic E-state index is 0.315. The monoisotopic (exact) mass is 215 g/mol. The van der Waals surface area contributed by atoms with Gasteiger partial charge in [-0.25, -0.2) is 0 Å². The van der Waals surface area contributed by atoms with Gasteiger partial charge in [-0.2, -0.15) is 0 Å². The molecule has 80 valence electrons. The molecule has 1 aromatic carbocycles. The first-order chi connectivity index (χ1) is 7.75. The van der Waals surface area contributed by atoms with Crippen molar-refractivity contribution in [3.8, 4) is 17.0 Å². The van der Waals surface area contributed by atoms with Gasteiger partial charge in [-0.3, -0.25) is 4.98 Å². The van der Waals surface area contributed by atoms with E-state index in [2.05, 4.69) is 9.64 Å². The highest BCUT2D eigenvalue weighted by Crippen LogP contribution is 2.18. The number of hydrogen-bond donors (Lipinski definition) is 2. The van der Waals surface area contributed by atoms with Gasteiger partial charge >= 0.3 is 7.32 Å². The van der Waals surface area contributed by atoms with Gasteiger partial charge in [-0.1, -0.05) is 30.3 Å². The van der Waals surface area contributed by atoms with Crippen LogP contribution in [0.25, 0.3) is 11.3 Å². The van der Waals surface area contributed by atoms with Crippen LogP contribution in [0.4, 0.5) is 0 Å². The highest BCUT2D eigenvalue weighted by molar-refractivity contribution is 6.33. The maximum absolute atomic E-state index is 8.60. The topological polar surface area (TPSA) is 62.6 Å². The van der Waals surface area contributed by atoms with E-state index < -0.39 is 7.32 Å². The number of nitrogens with zero attached hydrogens (tertiary/aromatic N) is 1. The Bertz CT molecular complexity index is 445. The Morgan fingerprint density at radius 3 is 2.31 bits per heavy atom. The van der Waals surface area contributed by atoms with Crippen LogP contribution in [0.3, 0.4) is 0 Å². The van der Waals surface area contributed by atoms with E-state index in [1.165, 1.54) is 6.20 Å². The number of aromatic nitrogens is 1. The minimum Gasteiger partial charge on any atom is -0.511 e. The summed E-state index contributed by atoms with van der Waals surface area (Å²) in [6.45, 7) is 0. The molecule has 0 amide bonds. The summed E-state index contributed by atoms with van der Waals surface area (Å²) in [7, 11) is -1.82. The number of benzene rings is 1. The van der Waals surface area contributed by atoms with E-state index in [1.807, 2.05) is 30.3 Å². The zero-order valence-corrected chi connectivity index (χ0v) is 8.45. The molecule has 0 radical (unpaired) electrons. The molecule has 4 nitrogen and oxygen atoms in total. The van der Waals surface area contributed by atoms with Crippen LogP contribution in [0.15, 0.2) is 48.7 Å². The van der Waals surface area contributed by atoms with Crippen LogP contribution in [0, 0.1) is 0 Å². The van der Waals surface area contributed by atoms with E-state index in [9.17, 15) is 0 Å². The first-order valence-electron chi connectivity index (χ1n) is 4.80. The van der Waals surface area contributed by atoms with Crippen molar-refractivity contribution in [1.29, 1.82) is 0 Å². The summed E-state index contributed by atoms with van der Waals surface area (Å²) in [5.41, 5.74) is 1.80.